The van der Waals surface area contributed by atoms with Crippen LogP contribution in [0.1, 0.15) is 27.0 Å². The van der Waals surface area contributed by atoms with E-state index < -0.39 is 5.97 Å². The Kier molecular flexibility index (Phi) is 6.29. The van der Waals surface area contributed by atoms with Crippen molar-refractivity contribution < 1.29 is 14.7 Å². The van der Waals surface area contributed by atoms with E-state index in [1.807, 2.05) is 18.2 Å². The Bertz CT molecular complexity index is 1850. The molecule has 0 atom stereocenters. The van der Waals surface area contributed by atoms with Crippen molar-refractivity contribution in [3.8, 4) is 0 Å². The largest absolute Gasteiger partial charge is 0.478 e. The van der Waals surface area contributed by atoms with Gasteiger partial charge in [-0.3, -0.25) is 9.69 Å². The second-order valence-electron chi connectivity index (χ2n) is 9.49. The van der Waals surface area contributed by atoms with Crippen LogP contribution in [0.4, 0.5) is 5.69 Å². The molecule has 7 heteroatoms. The topological polar surface area (TPSA) is 74.9 Å². The summed E-state index contributed by atoms with van der Waals surface area (Å²) < 4.78 is 2.23. The highest BCUT2D eigenvalue weighted by molar-refractivity contribution is 8.18. The van der Waals surface area contributed by atoms with Crippen LogP contribution in [0.25, 0.3) is 27.8 Å². The summed E-state index contributed by atoms with van der Waals surface area (Å²) in [5.74, 6) is -1.14. The second-order valence-corrected chi connectivity index (χ2v) is 10.5. The summed E-state index contributed by atoms with van der Waals surface area (Å²) in [6.45, 7) is 2.43. The summed E-state index contributed by atoms with van der Waals surface area (Å²) in [5.41, 5.74) is 4.57. The molecular weight excluding hydrogens is 506 g/mol. The van der Waals surface area contributed by atoms with E-state index in [0.29, 0.717) is 27.9 Å². The molecular formula is C32H25N3O3S. The van der Waals surface area contributed by atoms with Crippen LogP contribution >= 0.6 is 11.8 Å². The molecule has 5 aromatic rings. The van der Waals surface area contributed by atoms with Crippen LogP contribution in [0, 0.1) is 6.92 Å². The second kappa shape index (κ2) is 9.93. The molecule has 1 saturated heterocycles. The number of aromatic nitrogens is 1. The van der Waals surface area contributed by atoms with Crippen LogP contribution in [0.2, 0.25) is 0 Å². The van der Waals surface area contributed by atoms with Crippen molar-refractivity contribution in [2.24, 2.45) is 4.99 Å². The van der Waals surface area contributed by atoms with Gasteiger partial charge in [-0.25, -0.2) is 9.79 Å². The Morgan fingerprint density at radius 2 is 1.67 bits per heavy atom. The van der Waals surface area contributed by atoms with Crippen LogP contribution in [0.5, 0.6) is 0 Å². The zero-order chi connectivity index (χ0) is 27.1. The number of benzene rings is 4. The standard InChI is InChI=1S/C32H25N3O3S/c1-20-24(31(37)38)14-8-15-27(20)33-32-34(2)30(36)29(39-32)17-23-19-35(28-16-6-5-13-26(23)28)18-22-11-7-10-21-9-3-4-12-25(21)22/h3-17,19H,18H2,1-2H3,(H,37,38)/b29-17-,33-32?. The summed E-state index contributed by atoms with van der Waals surface area (Å²) in [6, 6.07) is 28.0. The Morgan fingerprint density at radius 3 is 2.49 bits per heavy atom. The van der Waals surface area contributed by atoms with Gasteiger partial charge in [0.05, 0.1) is 16.2 Å². The maximum Gasteiger partial charge on any atom is 0.336 e. The number of aliphatic imine (C=N–C) groups is 1. The number of nitrogens with zero attached hydrogens (tertiary/aromatic N) is 3. The predicted molar refractivity (Wildman–Crippen MR) is 159 cm³/mol. The number of likely N-dealkylation sites (N-methyl/N-ethyl adjacent to an activating group) is 1. The molecule has 6 nitrogen and oxygen atoms in total. The Morgan fingerprint density at radius 1 is 0.949 bits per heavy atom. The van der Waals surface area contributed by atoms with Crippen molar-refractivity contribution >= 4 is 62.2 Å². The van der Waals surface area contributed by atoms with Gasteiger partial charge in [0.1, 0.15) is 0 Å². The van der Waals surface area contributed by atoms with Gasteiger partial charge in [0.2, 0.25) is 0 Å². The third-order valence-electron chi connectivity index (χ3n) is 7.08. The molecule has 1 aliphatic rings. The van der Waals surface area contributed by atoms with E-state index in [1.165, 1.54) is 33.0 Å². The van der Waals surface area contributed by atoms with Crippen LogP contribution in [0.3, 0.4) is 0 Å². The lowest BCUT2D eigenvalue weighted by molar-refractivity contribution is -0.121. The molecule has 0 aliphatic carbocycles. The number of fused-ring (bicyclic) bond motifs is 2. The number of para-hydroxylation sites is 1. The zero-order valence-corrected chi connectivity index (χ0v) is 22.3. The molecule has 0 saturated carbocycles. The van der Waals surface area contributed by atoms with Crippen molar-refractivity contribution in [2.75, 3.05) is 7.05 Å². The lowest BCUT2D eigenvalue weighted by atomic mass is 10.0. The highest BCUT2D eigenvalue weighted by atomic mass is 32.2. The highest BCUT2D eigenvalue weighted by Crippen LogP contribution is 2.36. The number of hydrogen-bond acceptors (Lipinski definition) is 4. The Balaban J connectivity index is 1.37. The molecule has 0 unspecified atom stereocenters. The van der Waals surface area contributed by atoms with Crippen LogP contribution in [-0.4, -0.2) is 38.7 Å². The van der Waals surface area contributed by atoms with Gasteiger partial charge in [0.25, 0.3) is 5.91 Å². The number of thioether (sulfide) groups is 1. The minimum absolute atomic E-state index is 0.142. The van der Waals surface area contributed by atoms with E-state index >= 15 is 0 Å². The van der Waals surface area contributed by atoms with Crippen molar-refractivity contribution in [2.45, 2.75) is 13.5 Å². The van der Waals surface area contributed by atoms with E-state index in [9.17, 15) is 14.7 Å². The summed E-state index contributed by atoms with van der Waals surface area (Å²) in [5, 5.41) is 13.5. The summed E-state index contributed by atoms with van der Waals surface area (Å²) in [4.78, 5) is 31.5. The first kappa shape index (κ1) is 24.7. The number of aromatic carboxylic acids is 1. The molecule has 1 amide bonds. The van der Waals surface area contributed by atoms with E-state index in [-0.39, 0.29) is 11.5 Å². The number of carbonyl (C=O) groups is 2. The molecule has 39 heavy (non-hydrogen) atoms. The number of hydrogen-bond donors (Lipinski definition) is 1. The fraction of sp³-hybridized carbons (Fsp3) is 0.0938. The highest BCUT2D eigenvalue weighted by Gasteiger charge is 2.31. The van der Waals surface area contributed by atoms with E-state index in [0.717, 1.165) is 16.5 Å². The minimum Gasteiger partial charge on any atom is -0.478 e. The van der Waals surface area contributed by atoms with Gasteiger partial charge in [-0.05, 0) is 64.9 Å². The van der Waals surface area contributed by atoms with Crippen molar-refractivity contribution in [1.82, 2.24) is 9.47 Å². The Hall–Kier alpha value is -4.62. The van der Waals surface area contributed by atoms with Gasteiger partial charge in [-0.1, -0.05) is 66.7 Å². The number of carbonyl (C=O) groups excluding carboxylic acids is 1. The number of carboxylic acid groups (broad SMARTS) is 1. The number of amides is 1. The molecule has 0 bridgehead atoms. The zero-order valence-electron chi connectivity index (χ0n) is 21.5. The molecule has 6 rings (SSSR count). The SMILES string of the molecule is Cc1c(N=C2S/C(=C\c3cn(Cc4cccc5ccccc45)c4ccccc34)C(=O)N2C)cccc1C(=O)O. The van der Waals surface area contributed by atoms with Crippen molar-refractivity contribution in [3.63, 3.8) is 0 Å². The minimum atomic E-state index is -1.00. The lowest BCUT2D eigenvalue weighted by Crippen LogP contribution is -2.23. The number of carboxylic acids is 1. The maximum atomic E-state index is 13.2. The molecule has 1 fully saturated rings. The fourth-order valence-electron chi connectivity index (χ4n) is 5.01. The number of amidine groups is 1. The smallest absolute Gasteiger partial charge is 0.336 e. The third-order valence-corrected chi connectivity index (χ3v) is 8.14. The molecule has 1 aliphatic heterocycles. The van der Waals surface area contributed by atoms with Crippen LogP contribution < -0.4 is 0 Å². The molecule has 2 heterocycles. The van der Waals surface area contributed by atoms with Crippen LogP contribution in [-0.2, 0) is 11.3 Å². The first-order valence-electron chi connectivity index (χ1n) is 12.5. The van der Waals surface area contributed by atoms with Gasteiger partial charge in [-0.15, -0.1) is 0 Å². The monoisotopic (exact) mass is 531 g/mol. The molecule has 0 radical (unpaired) electrons. The summed E-state index contributed by atoms with van der Waals surface area (Å²) in [6.07, 6.45) is 4.03. The van der Waals surface area contributed by atoms with Gasteiger partial charge >= 0.3 is 5.97 Å². The van der Waals surface area contributed by atoms with E-state index in [2.05, 4.69) is 70.4 Å². The molecule has 192 valence electrons. The molecule has 4 aromatic carbocycles. The number of rotatable bonds is 5. The predicted octanol–water partition coefficient (Wildman–Crippen LogP) is 7.08. The lowest BCUT2D eigenvalue weighted by Gasteiger charge is -2.09. The van der Waals surface area contributed by atoms with Gasteiger partial charge in [0.15, 0.2) is 5.17 Å². The maximum absolute atomic E-state index is 13.2. The fourth-order valence-corrected chi connectivity index (χ4v) is 5.98. The average molecular weight is 532 g/mol. The van der Waals surface area contributed by atoms with Gasteiger partial charge in [0, 0.05) is 36.3 Å². The third kappa shape index (κ3) is 4.51. The van der Waals surface area contributed by atoms with E-state index in [1.54, 1.807) is 32.2 Å². The molecule has 1 N–H and O–H groups in total. The van der Waals surface area contributed by atoms with Crippen molar-refractivity contribution in [1.29, 1.82) is 0 Å². The van der Waals surface area contributed by atoms with Gasteiger partial charge in [-0.2, -0.15) is 0 Å². The normalized spacial score (nSPS) is 15.7. The first-order chi connectivity index (χ1) is 18.9. The summed E-state index contributed by atoms with van der Waals surface area (Å²) >= 11 is 1.29. The first-order valence-corrected chi connectivity index (χ1v) is 13.4. The van der Waals surface area contributed by atoms with Crippen LogP contribution in [0.15, 0.2) is 101 Å². The average Bonchev–Trinajstić information content (AvgIpc) is 3.42. The Labute approximate surface area is 229 Å². The summed E-state index contributed by atoms with van der Waals surface area (Å²) in [7, 11) is 1.69. The quantitative estimate of drug-likeness (QED) is 0.246. The van der Waals surface area contributed by atoms with Gasteiger partial charge < -0.3 is 9.67 Å². The van der Waals surface area contributed by atoms with Crippen molar-refractivity contribution in [3.05, 3.63) is 118 Å². The molecule has 0 spiro atoms. The van der Waals surface area contributed by atoms with E-state index in [4.69, 9.17) is 0 Å². The molecule has 1 aromatic heterocycles.